The zero-order valence-electron chi connectivity index (χ0n) is 13.1. The molecule has 3 rings (SSSR count). The summed E-state index contributed by atoms with van der Waals surface area (Å²) in [6.45, 7) is 6.18. The first-order chi connectivity index (χ1) is 10.1. The smallest absolute Gasteiger partial charge is 0.236 e. The number of aryl methyl sites for hydroxylation is 2. The van der Waals surface area contributed by atoms with Crippen LogP contribution in [0.2, 0.25) is 0 Å². The van der Waals surface area contributed by atoms with E-state index in [1.54, 1.807) is 0 Å². The average molecular weight is 287 g/mol. The van der Waals surface area contributed by atoms with Gasteiger partial charge in [-0.05, 0) is 37.9 Å². The molecule has 1 fully saturated rings. The Balaban J connectivity index is 1.65. The second-order valence-electron chi connectivity index (χ2n) is 6.30. The fourth-order valence-corrected chi connectivity index (χ4v) is 3.50. The Morgan fingerprint density at radius 1 is 1.38 bits per heavy atom. The Hall–Kier alpha value is -1.39. The van der Waals surface area contributed by atoms with Crippen molar-refractivity contribution in [2.75, 3.05) is 39.8 Å². The van der Waals surface area contributed by atoms with Crippen molar-refractivity contribution in [2.24, 2.45) is 0 Å². The van der Waals surface area contributed by atoms with E-state index in [4.69, 9.17) is 0 Å². The van der Waals surface area contributed by atoms with Crippen LogP contribution in [0.1, 0.15) is 29.2 Å². The van der Waals surface area contributed by atoms with Crippen molar-refractivity contribution >= 4 is 5.91 Å². The highest BCUT2D eigenvalue weighted by Gasteiger charge is 2.28. The van der Waals surface area contributed by atoms with E-state index in [1.807, 2.05) is 4.90 Å². The summed E-state index contributed by atoms with van der Waals surface area (Å²) in [5, 5.41) is 3.29. The van der Waals surface area contributed by atoms with E-state index < -0.39 is 0 Å². The summed E-state index contributed by atoms with van der Waals surface area (Å²) in [7, 11) is 2.09. The first kappa shape index (κ1) is 14.5. The predicted octanol–water partition coefficient (Wildman–Crippen LogP) is 1.35. The van der Waals surface area contributed by atoms with Crippen LogP contribution in [-0.2, 0) is 11.2 Å². The van der Waals surface area contributed by atoms with E-state index in [1.165, 1.54) is 16.7 Å². The van der Waals surface area contributed by atoms with Crippen LogP contribution in [0.15, 0.2) is 18.2 Å². The number of piperazine rings is 1. The molecule has 21 heavy (non-hydrogen) atoms. The second kappa shape index (κ2) is 6.16. The van der Waals surface area contributed by atoms with Crippen molar-refractivity contribution in [2.45, 2.75) is 25.8 Å². The molecule has 1 aromatic carbocycles. The zero-order valence-corrected chi connectivity index (χ0v) is 13.1. The summed E-state index contributed by atoms with van der Waals surface area (Å²) in [5.41, 5.74) is 4.18. The molecule has 1 unspecified atom stereocenters. The summed E-state index contributed by atoms with van der Waals surface area (Å²) in [6, 6.07) is 7.12. The molecule has 1 atom stereocenters. The number of carbonyl (C=O) groups is 1. The molecule has 0 saturated carbocycles. The van der Waals surface area contributed by atoms with Crippen LogP contribution in [0, 0.1) is 6.92 Å². The monoisotopic (exact) mass is 287 g/mol. The van der Waals surface area contributed by atoms with Gasteiger partial charge in [0.2, 0.25) is 5.91 Å². The van der Waals surface area contributed by atoms with Gasteiger partial charge in [-0.15, -0.1) is 0 Å². The van der Waals surface area contributed by atoms with E-state index in [2.05, 4.69) is 42.4 Å². The quantitative estimate of drug-likeness (QED) is 0.911. The van der Waals surface area contributed by atoms with Gasteiger partial charge in [0.05, 0.1) is 6.54 Å². The van der Waals surface area contributed by atoms with Crippen LogP contribution >= 0.6 is 0 Å². The van der Waals surface area contributed by atoms with Crippen LogP contribution in [0.4, 0.5) is 0 Å². The van der Waals surface area contributed by atoms with Crippen molar-refractivity contribution in [1.29, 1.82) is 0 Å². The Morgan fingerprint density at radius 3 is 2.90 bits per heavy atom. The molecule has 2 aliphatic rings. The maximum atomic E-state index is 12.4. The lowest BCUT2D eigenvalue weighted by atomic mass is 10.0. The highest BCUT2D eigenvalue weighted by atomic mass is 16.2. The third-order valence-electron chi connectivity index (χ3n) is 4.73. The van der Waals surface area contributed by atoms with Crippen molar-refractivity contribution in [3.05, 3.63) is 34.9 Å². The number of nitrogens with zero attached hydrogens (tertiary/aromatic N) is 2. The largest absolute Gasteiger partial charge is 0.339 e. The van der Waals surface area contributed by atoms with Gasteiger partial charge in [-0.2, -0.15) is 0 Å². The average Bonchev–Trinajstić information content (AvgIpc) is 2.91. The number of benzene rings is 1. The van der Waals surface area contributed by atoms with Crippen molar-refractivity contribution in [3.8, 4) is 0 Å². The molecule has 0 radical (unpaired) electrons. The fourth-order valence-electron chi connectivity index (χ4n) is 3.50. The summed E-state index contributed by atoms with van der Waals surface area (Å²) in [6.07, 6.45) is 2.26. The van der Waals surface area contributed by atoms with Gasteiger partial charge in [0, 0.05) is 32.2 Å². The molecule has 4 nitrogen and oxygen atoms in total. The highest BCUT2D eigenvalue weighted by molar-refractivity contribution is 5.78. The van der Waals surface area contributed by atoms with Gasteiger partial charge in [0.15, 0.2) is 0 Å². The Morgan fingerprint density at radius 2 is 2.14 bits per heavy atom. The van der Waals surface area contributed by atoms with Crippen molar-refractivity contribution < 1.29 is 4.79 Å². The Kier molecular flexibility index (Phi) is 4.27. The van der Waals surface area contributed by atoms with Crippen LogP contribution in [-0.4, -0.2) is 55.5 Å². The number of carbonyl (C=O) groups excluding carboxylic acids is 1. The van der Waals surface area contributed by atoms with E-state index in [-0.39, 0.29) is 5.91 Å². The van der Waals surface area contributed by atoms with Gasteiger partial charge in [-0.3, -0.25) is 9.69 Å². The van der Waals surface area contributed by atoms with Crippen molar-refractivity contribution in [3.63, 3.8) is 0 Å². The minimum atomic E-state index is 0.264. The molecule has 1 amide bonds. The van der Waals surface area contributed by atoms with E-state index in [9.17, 15) is 4.79 Å². The topological polar surface area (TPSA) is 35.6 Å². The van der Waals surface area contributed by atoms with Gasteiger partial charge >= 0.3 is 0 Å². The molecule has 114 valence electrons. The lowest BCUT2D eigenvalue weighted by molar-refractivity contribution is -0.133. The van der Waals surface area contributed by atoms with E-state index in [0.717, 1.165) is 39.0 Å². The van der Waals surface area contributed by atoms with Crippen LogP contribution in [0.25, 0.3) is 0 Å². The Labute approximate surface area is 127 Å². The molecule has 1 aliphatic carbocycles. The number of likely N-dealkylation sites (N-methyl/N-ethyl adjacent to an activating group) is 1. The summed E-state index contributed by atoms with van der Waals surface area (Å²) in [4.78, 5) is 16.6. The van der Waals surface area contributed by atoms with Gasteiger partial charge in [-0.25, -0.2) is 0 Å². The van der Waals surface area contributed by atoms with Crippen LogP contribution < -0.4 is 5.32 Å². The maximum absolute atomic E-state index is 12.4. The summed E-state index contributed by atoms with van der Waals surface area (Å²) in [5.74, 6) is 0.264. The third-order valence-corrected chi connectivity index (χ3v) is 4.73. The van der Waals surface area contributed by atoms with Crippen LogP contribution in [0.3, 0.4) is 0 Å². The van der Waals surface area contributed by atoms with Gasteiger partial charge in [-0.1, -0.05) is 23.8 Å². The fraction of sp³-hybridized carbons (Fsp3) is 0.588. The number of hydrogen-bond acceptors (Lipinski definition) is 3. The SMILES string of the molecule is Cc1ccc2c(c1)C(N(C)CC(=O)N1CCNCC1)CC2. The lowest BCUT2D eigenvalue weighted by Crippen LogP contribution is -2.49. The number of hydrogen-bond donors (Lipinski definition) is 1. The molecule has 0 bridgehead atoms. The minimum absolute atomic E-state index is 0.264. The lowest BCUT2D eigenvalue weighted by Gasteiger charge is -2.31. The minimum Gasteiger partial charge on any atom is -0.339 e. The molecule has 0 spiro atoms. The summed E-state index contributed by atoms with van der Waals surface area (Å²) < 4.78 is 0. The van der Waals surface area contributed by atoms with Crippen LogP contribution in [0.5, 0.6) is 0 Å². The molecule has 4 heteroatoms. The zero-order chi connectivity index (χ0) is 14.8. The first-order valence-corrected chi connectivity index (χ1v) is 7.93. The number of fused-ring (bicyclic) bond motifs is 1. The predicted molar refractivity (Wildman–Crippen MR) is 84.3 cm³/mol. The normalized spacial score (nSPS) is 21.7. The van der Waals surface area contributed by atoms with Crippen molar-refractivity contribution in [1.82, 2.24) is 15.1 Å². The van der Waals surface area contributed by atoms with Gasteiger partial charge in [0.1, 0.15) is 0 Å². The highest BCUT2D eigenvalue weighted by Crippen LogP contribution is 2.35. The van der Waals surface area contributed by atoms with Gasteiger partial charge in [0.25, 0.3) is 0 Å². The molecular formula is C17H25N3O. The number of nitrogens with one attached hydrogen (secondary N) is 1. The molecule has 1 aromatic rings. The first-order valence-electron chi connectivity index (χ1n) is 7.93. The molecule has 0 aromatic heterocycles. The molecule has 1 aliphatic heterocycles. The number of amides is 1. The second-order valence-corrected chi connectivity index (χ2v) is 6.30. The maximum Gasteiger partial charge on any atom is 0.236 e. The standard InChI is InChI=1S/C17H25N3O/c1-13-3-4-14-5-6-16(15(14)11-13)19(2)12-17(21)20-9-7-18-8-10-20/h3-4,11,16,18H,5-10,12H2,1-2H3. The summed E-state index contributed by atoms with van der Waals surface area (Å²) >= 11 is 0. The van der Waals surface area contributed by atoms with Gasteiger partial charge < -0.3 is 10.2 Å². The molecule has 1 N–H and O–H groups in total. The Bertz CT molecular complexity index is 523. The van der Waals surface area contributed by atoms with E-state index >= 15 is 0 Å². The van der Waals surface area contributed by atoms with E-state index in [0.29, 0.717) is 12.6 Å². The number of rotatable bonds is 3. The molecular weight excluding hydrogens is 262 g/mol. The molecule has 1 saturated heterocycles. The molecule has 1 heterocycles. The third kappa shape index (κ3) is 3.11.